The Balaban J connectivity index is 1.86. The molecule has 1 saturated carbocycles. The molecular weight excluding hydrogens is 158 g/mol. The van der Waals surface area contributed by atoms with Crippen LogP contribution < -0.4 is 0 Å². The summed E-state index contributed by atoms with van der Waals surface area (Å²) in [6, 6.07) is 0.751. The van der Waals surface area contributed by atoms with Crippen LogP contribution in [0.2, 0.25) is 0 Å². The Morgan fingerprint density at radius 2 is 1.77 bits per heavy atom. The van der Waals surface area contributed by atoms with Crippen molar-refractivity contribution in [1.29, 1.82) is 0 Å². The molecule has 1 aliphatic carbocycles. The Hall–Kier alpha value is -0.300. The van der Waals surface area contributed by atoms with Crippen LogP contribution in [0.15, 0.2) is 11.1 Å². The molecule has 0 aromatic rings. The molecule has 1 saturated heterocycles. The van der Waals surface area contributed by atoms with Gasteiger partial charge in [0, 0.05) is 24.5 Å². The number of rotatable bonds is 1. The molecule has 2 aliphatic rings. The Morgan fingerprint density at radius 3 is 2.15 bits per heavy atom. The van der Waals surface area contributed by atoms with Crippen LogP contribution in [0.25, 0.3) is 0 Å². The summed E-state index contributed by atoms with van der Waals surface area (Å²) in [6.07, 6.45) is 2.77. The Morgan fingerprint density at radius 1 is 1.23 bits per heavy atom. The van der Waals surface area contributed by atoms with Gasteiger partial charge in [-0.2, -0.15) is 0 Å². The van der Waals surface area contributed by atoms with E-state index in [0.29, 0.717) is 0 Å². The van der Waals surface area contributed by atoms with Crippen molar-refractivity contribution in [3.8, 4) is 0 Å². The molecule has 1 spiro atoms. The van der Waals surface area contributed by atoms with Gasteiger partial charge in [0.1, 0.15) is 0 Å². The average molecular weight is 179 g/mol. The smallest absolute Gasteiger partial charge is 0.00594 e. The van der Waals surface area contributed by atoms with Gasteiger partial charge in [-0.15, -0.1) is 0 Å². The van der Waals surface area contributed by atoms with E-state index in [2.05, 4.69) is 32.6 Å². The van der Waals surface area contributed by atoms with Gasteiger partial charge in [0.05, 0.1) is 0 Å². The quantitative estimate of drug-likeness (QED) is 0.559. The summed E-state index contributed by atoms with van der Waals surface area (Å²) in [6.45, 7) is 11.8. The standard InChI is InChI=1S/C12H21N/c1-9(2)11-5-12(6-11)7-13(8-12)10(3)4/h10H,5-8H2,1-4H3. The summed E-state index contributed by atoms with van der Waals surface area (Å²) in [5.41, 5.74) is 4.01. The highest BCUT2D eigenvalue weighted by atomic mass is 15.2. The van der Waals surface area contributed by atoms with Gasteiger partial charge in [0.15, 0.2) is 0 Å². The van der Waals surface area contributed by atoms with E-state index in [1.165, 1.54) is 25.9 Å². The molecule has 2 fully saturated rings. The van der Waals surface area contributed by atoms with E-state index in [4.69, 9.17) is 0 Å². The number of hydrogen-bond acceptors (Lipinski definition) is 1. The average Bonchev–Trinajstić information content (AvgIpc) is 1.78. The fourth-order valence-corrected chi connectivity index (χ4v) is 2.61. The summed E-state index contributed by atoms with van der Waals surface area (Å²) >= 11 is 0. The second-order valence-corrected chi connectivity index (χ2v) is 5.46. The molecule has 0 atom stereocenters. The fraction of sp³-hybridized carbons (Fsp3) is 0.833. The van der Waals surface area contributed by atoms with Gasteiger partial charge in [-0.05, 0) is 40.5 Å². The van der Waals surface area contributed by atoms with Crippen LogP contribution in [-0.2, 0) is 0 Å². The zero-order chi connectivity index (χ0) is 9.64. The largest absolute Gasteiger partial charge is 0.300 e. The van der Waals surface area contributed by atoms with Crippen molar-refractivity contribution in [3.63, 3.8) is 0 Å². The maximum absolute atomic E-state index is 2.59. The molecule has 0 aromatic carbocycles. The first kappa shape index (κ1) is 9.26. The lowest BCUT2D eigenvalue weighted by atomic mass is 9.59. The van der Waals surface area contributed by atoms with E-state index in [1.807, 2.05) is 0 Å². The Kier molecular flexibility index (Phi) is 2.03. The molecule has 0 radical (unpaired) electrons. The predicted molar refractivity (Wildman–Crippen MR) is 56.8 cm³/mol. The van der Waals surface area contributed by atoms with E-state index < -0.39 is 0 Å². The van der Waals surface area contributed by atoms with E-state index >= 15 is 0 Å². The minimum atomic E-state index is 0.719. The highest BCUT2D eigenvalue weighted by Gasteiger charge is 2.50. The van der Waals surface area contributed by atoms with Gasteiger partial charge in [-0.1, -0.05) is 11.1 Å². The lowest BCUT2D eigenvalue weighted by Gasteiger charge is -2.59. The summed E-state index contributed by atoms with van der Waals surface area (Å²) in [5, 5.41) is 0. The molecule has 0 aromatic heterocycles. The predicted octanol–water partition coefficient (Wildman–Crippen LogP) is 2.83. The Labute approximate surface area is 81.8 Å². The van der Waals surface area contributed by atoms with Crippen LogP contribution in [0.3, 0.4) is 0 Å². The van der Waals surface area contributed by atoms with Crippen LogP contribution in [0.5, 0.6) is 0 Å². The van der Waals surface area contributed by atoms with Crippen LogP contribution in [-0.4, -0.2) is 24.0 Å². The van der Waals surface area contributed by atoms with Crippen LogP contribution in [0, 0.1) is 5.41 Å². The van der Waals surface area contributed by atoms with E-state index in [9.17, 15) is 0 Å². The minimum Gasteiger partial charge on any atom is -0.300 e. The van der Waals surface area contributed by atoms with Gasteiger partial charge in [0.25, 0.3) is 0 Å². The molecule has 1 aliphatic heterocycles. The zero-order valence-corrected chi connectivity index (χ0v) is 9.35. The van der Waals surface area contributed by atoms with Crippen molar-refractivity contribution in [2.24, 2.45) is 5.41 Å². The molecular formula is C12H21N. The third-order valence-corrected chi connectivity index (χ3v) is 3.69. The Bertz CT molecular complexity index is 230. The lowest BCUT2D eigenvalue weighted by Crippen LogP contribution is -2.62. The van der Waals surface area contributed by atoms with Gasteiger partial charge >= 0.3 is 0 Å². The normalized spacial score (nSPS) is 26.1. The minimum absolute atomic E-state index is 0.719. The van der Waals surface area contributed by atoms with Gasteiger partial charge in [-0.25, -0.2) is 0 Å². The van der Waals surface area contributed by atoms with E-state index in [1.54, 1.807) is 11.1 Å². The van der Waals surface area contributed by atoms with Crippen molar-refractivity contribution in [2.45, 2.75) is 46.6 Å². The maximum atomic E-state index is 2.59. The highest BCUT2D eigenvalue weighted by molar-refractivity contribution is 5.26. The third kappa shape index (κ3) is 1.43. The molecule has 1 heterocycles. The van der Waals surface area contributed by atoms with Crippen LogP contribution in [0.4, 0.5) is 0 Å². The maximum Gasteiger partial charge on any atom is 0.00594 e. The van der Waals surface area contributed by atoms with Gasteiger partial charge in [-0.3, -0.25) is 4.90 Å². The molecule has 13 heavy (non-hydrogen) atoms. The van der Waals surface area contributed by atoms with Crippen molar-refractivity contribution in [3.05, 3.63) is 11.1 Å². The molecule has 0 unspecified atom stereocenters. The first-order valence-electron chi connectivity index (χ1n) is 5.42. The molecule has 2 rings (SSSR count). The van der Waals surface area contributed by atoms with Crippen LogP contribution in [0.1, 0.15) is 40.5 Å². The zero-order valence-electron chi connectivity index (χ0n) is 9.35. The topological polar surface area (TPSA) is 3.24 Å². The molecule has 0 amide bonds. The monoisotopic (exact) mass is 179 g/mol. The van der Waals surface area contributed by atoms with E-state index in [0.717, 1.165) is 11.5 Å². The number of nitrogens with zero attached hydrogens (tertiary/aromatic N) is 1. The summed E-state index contributed by atoms with van der Waals surface area (Å²) in [7, 11) is 0. The van der Waals surface area contributed by atoms with Gasteiger partial charge in [0.2, 0.25) is 0 Å². The molecule has 74 valence electrons. The number of allylic oxidation sites excluding steroid dienone is 2. The van der Waals surface area contributed by atoms with Crippen molar-refractivity contribution >= 4 is 0 Å². The van der Waals surface area contributed by atoms with Crippen LogP contribution >= 0.6 is 0 Å². The SMILES string of the molecule is CC(C)=C1CC2(C1)CN(C(C)C)C2. The number of hydrogen-bond donors (Lipinski definition) is 0. The lowest BCUT2D eigenvalue weighted by molar-refractivity contribution is -0.0496. The molecule has 1 nitrogen and oxygen atoms in total. The van der Waals surface area contributed by atoms with Crippen molar-refractivity contribution < 1.29 is 0 Å². The first-order chi connectivity index (χ1) is 6.02. The molecule has 0 bridgehead atoms. The van der Waals surface area contributed by atoms with Crippen molar-refractivity contribution in [1.82, 2.24) is 4.90 Å². The number of likely N-dealkylation sites (tertiary alicyclic amines) is 1. The second-order valence-electron chi connectivity index (χ2n) is 5.46. The first-order valence-corrected chi connectivity index (χ1v) is 5.42. The molecule has 1 heteroatoms. The van der Waals surface area contributed by atoms with E-state index in [-0.39, 0.29) is 0 Å². The summed E-state index contributed by atoms with van der Waals surface area (Å²) in [5.74, 6) is 0. The third-order valence-electron chi connectivity index (χ3n) is 3.69. The molecule has 0 N–H and O–H groups in total. The summed E-state index contributed by atoms with van der Waals surface area (Å²) < 4.78 is 0. The van der Waals surface area contributed by atoms with Crippen molar-refractivity contribution in [2.75, 3.05) is 13.1 Å². The van der Waals surface area contributed by atoms with Gasteiger partial charge < -0.3 is 0 Å². The summed E-state index contributed by atoms with van der Waals surface area (Å²) in [4.78, 5) is 2.59. The fourth-order valence-electron chi connectivity index (χ4n) is 2.61. The highest BCUT2D eigenvalue weighted by Crippen LogP contribution is 2.52. The second kappa shape index (κ2) is 2.84.